The Hall–Kier alpha value is -0.340. The Bertz CT molecular complexity index is 193. The Morgan fingerprint density at radius 1 is 1.60 bits per heavy atom. The van der Waals surface area contributed by atoms with Crippen molar-refractivity contribution in [3.05, 3.63) is 21.9 Å². The molecule has 0 atom stereocenters. The molecule has 0 aliphatic carbocycles. The number of hydrogen-bond acceptors (Lipinski definition) is 2. The van der Waals surface area contributed by atoms with Gasteiger partial charge in [-0.05, 0) is 36.4 Å². The molecule has 0 saturated carbocycles. The monoisotopic (exact) mass is 155 g/mol. The highest BCUT2D eigenvalue weighted by molar-refractivity contribution is 7.10. The first kappa shape index (κ1) is 7.76. The van der Waals surface area contributed by atoms with E-state index in [-0.39, 0.29) is 0 Å². The van der Waals surface area contributed by atoms with Crippen molar-refractivity contribution >= 4 is 11.3 Å². The summed E-state index contributed by atoms with van der Waals surface area (Å²) in [5, 5.41) is 2.21. The molecule has 0 bridgehead atoms. The van der Waals surface area contributed by atoms with E-state index in [1.165, 1.54) is 10.4 Å². The van der Waals surface area contributed by atoms with E-state index in [1.807, 2.05) is 11.3 Å². The Balaban J connectivity index is 2.59. The van der Waals surface area contributed by atoms with Crippen molar-refractivity contribution in [2.75, 3.05) is 6.54 Å². The molecule has 1 heterocycles. The molecule has 2 N–H and O–H groups in total. The van der Waals surface area contributed by atoms with Crippen molar-refractivity contribution in [1.29, 1.82) is 0 Å². The second-order valence-electron chi connectivity index (χ2n) is 2.31. The summed E-state index contributed by atoms with van der Waals surface area (Å²) in [5.74, 6) is 0. The van der Waals surface area contributed by atoms with Crippen LogP contribution in [0.15, 0.2) is 11.4 Å². The minimum Gasteiger partial charge on any atom is -0.330 e. The molecule has 10 heavy (non-hydrogen) atoms. The zero-order valence-corrected chi connectivity index (χ0v) is 7.08. The summed E-state index contributed by atoms with van der Waals surface area (Å²) >= 11 is 1.82. The molecule has 0 aromatic carbocycles. The fourth-order valence-corrected chi connectivity index (χ4v) is 1.88. The summed E-state index contributed by atoms with van der Waals surface area (Å²) in [6.07, 6.45) is 2.17. The fraction of sp³-hybridized carbons (Fsp3) is 0.500. The van der Waals surface area contributed by atoms with Gasteiger partial charge in [-0.15, -0.1) is 11.3 Å². The molecule has 0 spiro atoms. The molecule has 0 unspecified atom stereocenters. The van der Waals surface area contributed by atoms with Gasteiger partial charge in [0.05, 0.1) is 0 Å². The lowest BCUT2D eigenvalue weighted by molar-refractivity contribution is 0.985. The van der Waals surface area contributed by atoms with Crippen LogP contribution < -0.4 is 5.73 Å². The van der Waals surface area contributed by atoms with Gasteiger partial charge in [-0.25, -0.2) is 0 Å². The van der Waals surface area contributed by atoms with E-state index in [0.29, 0.717) is 0 Å². The summed E-state index contributed by atoms with van der Waals surface area (Å²) < 4.78 is 0. The number of thiophene rings is 1. The van der Waals surface area contributed by atoms with E-state index < -0.39 is 0 Å². The van der Waals surface area contributed by atoms with E-state index in [1.54, 1.807) is 0 Å². The predicted molar refractivity (Wildman–Crippen MR) is 46.5 cm³/mol. The van der Waals surface area contributed by atoms with Crippen LogP contribution in [-0.4, -0.2) is 6.54 Å². The third-order valence-electron chi connectivity index (χ3n) is 1.51. The zero-order valence-electron chi connectivity index (χ0n) is 6.26. The van der Waals surface area contributed by atoms with Crippen LogP contribution in [0.1, 0.15) is 17.4 Å². The molecule has 2 heteroatoms. The topological polar surface area (TPSA) is 26.0 Å². The maximum Gasteiger partial charge on any atom is 0.00606 e. The van der Waals surface area contributed by atoms with Crippen LogP contribution in [0.3, 0.4) is 0 Å². The van der Waals surface area contributed by atoms with Crippen molar-refractivity contribution in [2.45, 2.75) is 19.8 Å². The first-order chi connectivity index (χ1) is 4.86. The maximum atomic E-state index is 5.42. The summed E-state index contributed by atoms with van der Waals surface area (Å²) in [6.45, 7) is 2.94. The second kappa shape index (κ2) is 3.74. The van der Waals surface area contributed by atoms with Gasteiger partial charge in [0.1, 0.15) is 0 Å². The van der Waals surface area contributed by atoms with Crippen LogP contribution in [0, 0.1) is 0 Å². The SMILES string of the molecule is CCc1csc(CCN)c1. The van der Waals surface area contributed by atoms with E-state index in [2.05, 4.69) is 18.4 Å². The van der Waals surface area contributed by atoms with Crippen LogP contribution in [0.25, 0.3) is 0 Å². The largest absolute Gasteiger partial charge is 0.330 e. The number of hydrogen-bond donors (Lipinski definition) is 1. The van der Waals surface area contributed by atoms with Crippen molar-refractivity contribution in [3.8, 4) is 0 Å². The molecule has 56 valence electrons. The fourth-order valence-electron chi connectivity index (χ4n) is 0.885. The molecule has 1 rings (SSSR count). The molecule has 0 radical (unpaired) electrons. The molecule has 0 aliphatic rings. The van der Waals surface area contributed by atoms with Crippen molar-refractivity contribution in [2.24, 2.45) is 5.73 Å². The predicted octanol–water partition coefficient (Wildman–Crippen LogP) is 1.81. The van der Waals surface area contributed by atoms with Gasteiger partial charge < -0.3 is 5.73 Å². The van der Waals surface area contributed by atoms with Gasteiger partial charge in [0.2, 0.25) is 0 Å². The molecular weight excluding hydrogens is 142 g/mol. The molecule has 1 aromatic rings. The van der Waals surface area contributed by atoms with Gasteiger partial charge in [0, 0.05) is 4.88 Å². The van der Waals surface area contributed by atoms with Crippen LogP contribution in [0.2, 0.25) is 0 Å². The summed E-state index contributed by atoms with van der Waals surface area (Å²) in [6, 6.07) is 2.25. The highest BCUT2D eigenvalue weighted by Gasteiger charge is 1.95. The second-order valence-corrected chi connectivity index (χ2v) is 3.31. The van der Waals surface area contributed by atoms with E-state index in [4.69, 9.17) is 5.73 Å². The van der Waals surface area contributed by atoms with Crippen LogP contribution >= 0.6 is 11.3 Å². The first-order valence-electron chi connectivity index (χ1n) is 3.63. The van der Waals surface area contributed by atoms with E-state index in [9.17, 15) is 0 Å². The standard InChI is InChI=1S/C8H13NS/c1-2-7-5-8(3-4-9)10-6-7/h5-6H,2-4,9H2,1H3. The van der Waals surface area contributed by atoms with Crippen LogP contribution in [0.5, 0.6) is 0 Å². The van der Waals surface area contributed by atoms with Crippen LogP contribution in [-0.2, 0) is 12.8 Å². The quantitative estimate of drug-likeness (QED) is 0.708. The lowest BCUT2D eigenvalue weighted by Crippen LogP contribution is -2.00. The average molecular weight is 155 g/mol. The minimum atomic E-state index is 0.768. The first-order valence-corrected chi connectivity index (χ1v) is 4.51. The third kappa shape index (κ3) is 1.82. The van der Waals surface area contributed by atoms with E-state index >= 15 is 0 Å². The molecular formula is C8H13NS. The summed E-state index contributed by atoms with van der Waals surface area (Å²) in [7, 11) is 0. The lowest BCUT2D eigenvalue weighted by atomic mass is 10.2. The Morgan fingerprint density at radius 3 is 2.90 bits per heavy atom. The smallest absolute Gasteiger partial charge is 0.00606 e. The normalized spacial score (nSPS) is 10.2. The summed E-state index contributed by atoms with van der Waals surface area (Å²) in [4.78, 5) is 1.42. The highest BCUT2D eigenvalue weighted by atomic mass is 32.1. The van der Waals surface area contributed by atoms with Gasteiger partial charge in [-0.1, -0.05) is 6.92 Å². The molecule has 1 aromatic heterocycles. The van der Waals surface area contributed by atoms with E-state index in [0.717, 1.165) is 19.4 Å². The Morgan fingerprint density at radius 2 is 2.40 bits per heavy atom. The molecule has 0 fully saturated rings. The number of nitrogens with two attached hydrogens (primary N) is 1. The maximum absolute atomic E-state index is 5.42. The van der Waals surface area contributed by atoms with Crippen molar-refractivity contribution < 1.29 is 0 Å². The lowest BCUT2D eigenvalue weighted by Gasteiger charge is -1.88. The van der Waals surface area contributed by atoms with Crippen molar-refractivity contribution in [3.63, 3.8) is 0 Å². The Labute approximate surface area is 65.9 Å². The van der Waals surface area contributed by atoms with Gasteiger partial charge in [-0.3, -0.25) is 0 Å². The third-order valence-corrected chi connectivity index (χ3v) is 2.55. The van der Waals surface area contributed by atoms with Gasteiger partial charge in [-0.2, -0.15) is 0 Å². The number of rotatable bonds is 3. The Kier molecular flexibility index (Phi) is 2.90. The summed E-state index contributed by atoms with van der Waals surface area (Å²) in [5.41, 5.74) is 6.86. The van der Waals surface area contributed by atoms with Crippen LogP contribution in [0.4, 0.5) is 0 Å². The molecule has 0 aliphatic heterocycles. The number of aryl methyl sites for hydroxylation is 1. The molecule has 1 nitrogen and oxygen atoms in total. The van der Waals surface area contributed by atoms with Gasteiger partial charge in [0.25, 0.3) is 0 Å². The van der Waals surface area contributed by atoms with Gasteiger partial charge >= 0.3 is 0 Å². The molecule has 0 saturated heterocycles. The zero-order chi connectivity index (χ0) is 7.40. The molecule has 0 amide bonds. The average Bonchev–Trinajstić information content (AvgIpc) is 2.37. The van der Waals surface area contributed by atoms with Gasteiger partial charge in [0.15, 0.2) is 0 Å². The highest BCUT2D eigenvalue weighted by Crippen LogP contribution is 2.14. The minimum absolute atomic E-state index is 0.768. The van der Waals surface area contributed by atoms with Crippen molar-refractivity contribution in [1.82, 2.24) is 0 Å².